The van der Waals surface area contributed by atoms with Gasteiger partial charge in [0.25, 0.3) is 0 Å². The Bertz CT molecular complexity index is 1190. The van der Waals surface area contributed by atoms with E-state index in [1.807, 2.05) is 28.7 Å². The Hall–Kier alpha value is -3.39. The molecule has 0 atom stereocenters. The van der Waals surface area contributed by atoms with Crippen LogP contribution in [0.3, 0.4) is 0 Å². The van der Waals surface area contributed by atoms with Gasteiger partial charge >= 0.3 is 0 Å². The molecule has 1 aliphatic carbocycles. The van der Waals surface area contributed by atoms with E-state index < -0.39 is 0 Å². The van der Waals surface area contributed by atoms with Crippen molar-refractivity contribution in [3.8, 4) is 17.4 Å². The van der Waals surface area contributed by atoms with E-state index in [-0.39, 0.29) is 5.78 Å². The minimum atomic E-state index is 0.0591. The van der Waals surface area contributed by atoms with Gasteiger partial charge in [-0.05, 0) is 37.1 Å². The highest BCUT2D eigenvalue weighted by Crippen LogP contribution is 2.38. The highest BCUT2D eigenvalue weighted by atomic mass is 16.3. The van der Waals surface area contributed by atoms with E-state index in [4.69, 9.17) is 4.42 Å². The number of aryl methyl sites for hydroxylation is 1. The van der Waals surface area contributed by atoms with Crippen LogP contribution in [0, 0.1) is 11.3 Å². The molecule has 0 N–H and O–H groups in total. The SMILES string of the molecule is N#Cc1c(-c2ccco2)c2c(n3c1nc1ccccc13)CCCC2=O. The number of furan rings is 1. The number of fused-ring (bicyclic) bond motifs is 5. The molecule has 0 saturated heterocycles. The standard InChI is InChI=1S/C20H13N3O2/c21-11-12-18(17-9-4-10-25-17)19-15(7-3-8-16(19)24)23-14-6-2-1-5-13(14)22-20(12)23/h1-2,4-6,9-10H,3,7-8H2. The number of carbonyl (C=O) groups excluding carboxylic acids is 1. The number of ketones is 1. The smallest absolute Gasteiger partial charge is 0.165 e. The number of nitriles is 1. The van der Waals surface area contributed by atoms with Gasteiger partial charge in [-0.25, -0.2) is 4.98 Å². The van der Waals surface area contributed by atoms with Crippen LogP contribution in [0.25, 0.3) is 28.0 Å². The van der Waals surface area contributed by atoms with Crippen molar-refractivity contribution in [2.45, 2.75) is 19.3 Å². The summed E-state index contributed by atoms with van der Waals surface area (Å²) in [5, 5.41) is 9.87. The van der Waals surface area contributed by atoms with Gasteiger partial charge in [-0.2, -0.15) is 5.26 Å². The van der Waals surface area contributed by atoms with Crippen LogP contribution in [0.15, 0.2) is 47.1 Å². The van der Waals surface area contributed by atoms with Crippen molar-refractivity contribution >= 4 is 22.5 Å². The fourth-order valence-electron chi connectivity index (χ4n) is 3.81. The maximum Gasteiger partial charge on any atom is 0.165 e. The van der Waals surface area contributed by atoms with Gasteiger partial charge in [0.1, 0.15) is 17.4 Å². The highest BCUT2D eigenvalue weighted by Gasteiger charge is 2.30. The Morgan fingerprint density at radius 1 is 1.12 bits per heavy atom. The number of benzene rings is 1. The maximum atomic E-state index is 12.8. The van der Waals surface area contributed by atoms with Crippen LogP contribution in [0.5, 0.6) is 0 Å². The predicted octanol–water partition coefficient (Wildman–Crippen LogP) is 4.14. The number of nitrogens with zero attached hydrogens (tertiary/aromatic N) is 3. The number of para-hydroxylation sites is 2. The highest BCUT2D eigenvalue weighted by molar-refractivity contribution is 6.06. The second kappa shape index (κ2) is 5.05. The molecule has 0 bridgehead atoms. The largest absolute Gasteiger partial charge is 0.464 e. The fraction of sp³-hybridized carbons (Fsp3) is 0.150. The molecule has 25 heavy (non-hydrogen) atoms. The van der Waals surface area contributed by atoms with Crippen molar-refractivity contribution in [3.63, 3.8) is 0 Å². The molecule has 0 unspecified atom stereocenters. The Morgan fingerprint density at radius 2 is 2.00 bits per heavy atom. The van der Waals surface area contributed by atoms with Gasteiger partial charge < -0.3 is 4.42 Å². The fourth-order valence-corrected chi connectivity index (χ4v) is 3.81. The van der Waals surface area contributed by atoms with Gasteiger partial charge in [-0.3, -0.25) is 9.20 Å². The molecule has 0 saturated carbocycles. The molecule has 3 aromatic heterocycles. The normalized spacial score (nSPS) is 14.0. The van der Waals surface area contributed by atoms with Crippen molar-refractivity contribution in [1.82, 2.24) is 9.38 Å². The lowest BCUT2D eigenvalue weighted by Gasteiger charge is -2.21. The quantitative estimate of drug-likeness (QED) is 0.527. The van der Waals surface area contributed by atoms with Gasteiger partial charge in [0, 0.05) is 17.7 Å². The maximum absolute atomic E-state index is 12.8. The summed E-state index contributed by atoms with van der Waals surface area (Å²) in [5.74, 6) is 0.599. The first kappa shape index (κ1) is 14.0. The summed E-state index contributed by atoms with van der Waals surface area (Å²) in [6, 6.07) is 13.6. The molecular weight excluding hydrogens is 314 g/mol. The monoisotopic (exact) mass is 327 g/mol. The average Bonchev–Trinajstić information content (AvgIpc) is 3.28. The van der Waals surface area contributed by atoms with E-state index in [0.717, 1.165) is 29.6 Å². The van der Waals surface area contributed by atoms with Gasteiger partial charge in [-0.15, -0.1) is 0 Å². The summed E-state index contributed by atoms with van der Waals surface area (Å²) >= 11 is 0. The van der Waals surface area contributed by atoms with Crippen LogP contribution < -0.4 is 0 Å². The molecule has 0 aliphatic heterocycles. The van der Waals surface area contributed by atoms with Crippen molar-refractivity contribution in [3.05, 3.63) is 59.5 Å². The average molecular weight is 327 g/mol. The second-order valence-electron chi connectivity index (χ2n) is 6.20. The van der Waals surface area contributed by atoms with E-state index in [0.29, 0.717) is 34.5 Å². The number of Topliss-reactive ketones (excluding diaryl/α,β-unsaturated/α-hetero) is 1. The number of hydrogen-bond acceptors (Lipinski definition) is 4. The molecule has 0 spiro atoms. The summed E-state index contributed by atoms with van der Waals surface area (Å²) in [4.78, 5) is 17.5. The van der Waals surface area contributed by atoms with E-state index >= 15 is 0 Å². The third kappa shape index (κ3) is 1.82. The van der Waals surface area contributed by atoms with Crippen molar-refractivity contribution in [1.29, 1.82) is 5.26 Å². The zero-order valence-electron chi connectivity index (χ0n) is 13.3. The van der Waals surface area contributed by atoms with Crippen LogP contribution in [0.1, 0.15) is 34.5 Å². The summed E-state index contributed by atoms with van der Waals surface area (Å²) in [6.07, 6.45) is 3.63. The Morgan fingerprint density at radius 3 is 2.80 bits per heavy atom. The Labute approximate surface area is 143 Å². The topological polar surface area (TPSA) is 71.3 Å². The third-order valence-electron chi connectivity index (χ3n) is 4.82. The molecule has 5 nitrogen and oxygen atoms in total. The van der Waals surface area contributed by atoms with E-state index in [1.54, 1.807) is 18.4 Å². The van der Waals surface area contributed by atoms with Crippen molar-refractivity contribution in [2.24, 2.45) is 0 Å². The molecule has 1 aliphatic rings. The first-order chi connectivity index (χ1) is 12.3. The molecule has 1 aromatic carbocycles. The molecule has 5 heteroatoms. The Balaban J connectivity index is 2.07. The number of carbonyl (C=O) groups is 1. The van der Waals surface area contributed by atoms with Gasteiger partial charge in [0.2, 0.25) is 0 Å². The summed E-state index contributed by atoms with van der Waals surface area (Å²) in [7, 11) is 0. The number of rotatable bonds is 1. The van der Waals surface area contributed by atoms with Gasteiger partial charge in [0.05, 0.1) is 22.9 Å². The molecule has 5 rings (SSSR count). The zero-order chi connectivity index (χ0) is 17.0. The minimum Gasteiger partial charge on any atom is -0.464 e. The van der Waals surface area contributed by atoms with Crippen LogP contribution in [-0.4, -0.2) is 15.2 Å². The van der Waals surface area contributed by atoms with Crippen LogP contribution in [-0.2, 0) is 6.42 Å². The molecule has 0 amide bonds. The van der Waals surface area contributed by atoms with Crippen LogP contribution >= 0.6 is 0 Å². The lowest BCUT2D eigenvalue weighted by molar-refractivity contribution is 0.0972. The van der Waals surface area contributed by atoms with E-state index in [1.165, 1.54) is 0 Å². The van der Waals surface area contributed by atoms with Gasteiger partial charge in [0.15, 0.2) is 11.4 Å². The molecule has 4 aromatic rings. The summed E-state index contributed by atoms with van der Waals surface area (Å²) in [5.41, 5.74) is 4.82. The minimum absolute atomic E-state index is 0.0591. The van der Waals surface area contributed by atoms with Crippen molar-refractivity contribution < 1.29 is 9.21 Å². The number of pyridine rings is 1. The number of hydrogen-bond donors (Lipinski definition) is 0. The molecule has 0 radical (unpaired) electrons. The molecule has 3 heterocycles. The first-order valence-corrected chi connectivity index (χ1v) is 8.23. The lowest BCUT2D eigenvalue weighted by atomic mass is 9.87. The number of imidazole rings is 1. The third-order valence-corrected chi connectivity index (χ3v) is 4.82. The first-order valence-electron chi connectivity index (χ1n) is 8.23. The van der Waals surface area contributed by atoms with E-state index in [9.17, 15) is 10.1 Å². The molecule has 0 fully saturated rings. The summed E-state index contributed by atoms with van der Waals surface area (Å²) in [6.45, 7) is 0. The molecular formula is C20H13N3O2. The van der Waals surface area contributed by atoms with Crippen molar-refractivity contribution in [2.75, 3.05) is 0 Å². The Kier molecular flexibility index (Phi) is 2.83. The van der Waals surface area contributed by atoms with E-state index in [2.05, 4.69) is 11.1 Å². The predicted molar refractivity (Wildman–Crippen MR) is 92.4 cm³/mol. The van der Waals surface area contributed by atoms with Gasteiger partial charge in [-0.1, -0.05) is 12.1 Å². The molecule has 120 valence electrons. The second-order valence-corrected chi connectivity index (χ2v) is 6.20. The van der Waals surface area contributed by atoms with Crippen LogP contribution in [0.4, 0.5) is 0 Å². The lowest BCUT2D eigenvalue weighted by Crippen LogP contribution is -2.18. The number of aromatic nitrogens is 2. The summed E-state index contributed by atoms with van der Waals surface area (Å²) < 4.78 is 7.54. The van der Waals surface area contributed by atoms with Crippen LogP contribution in [0.2, 0.25) is 0 Å². The zero-order valence-corrected chi connectivity index (χ0v) is 13.3.